The second-order valence-corrected chi connectivity index (χ2v) is 6.34. The molecule has 3 aromatic rings. The van der Waals surface area contributed by atoms with E-state index in [0.29, 0.717) is 23.1 Å². The van der Waals surface area contributed by atoms with Crippen LogP contribution in [0.25, 0.3) is 0 Å². The van der Waals surface area contributed by atoms with Crippen LogP contribution >= 0.6 is 11.6 Å². The molecule has 0 saturated heterocycles. The van der Waals surface area contributed by atoms with Crippen LogP contribution in [0.2, 0.25) is 5.02 Å². The second-order valence-electron chi connectivity index (χ2n) is 5.90. The van der Waals surface area contributed by atoms with Crippen LogP contribution < -0.4 is 15.4 Å². The Morgan fingerprint density at radius 3 is 2.63 bits per heavy atom. The van der Waals surface area contributed by atoms with Gasteiger partial charge in [0.25, 0.3) is 5.91 Å². The maximum absolute atomic E-state index is 12.5. The van der Waals surface area contributed by atoms with Crippen molar-refractivity contribution >= 4 is 29.0 Å². The summed E-state index contributed by atoms with van der Waals surface area (Å²) >= 11 is 6.00. The summed E-state index contributed by atoms with van der Waals surface area (Å²) in [6, 6.07) is 14.6. The minimum Gasteiger partial charge on any atom is -0.497 e. The number of rotatable bonds is 6. The molecule has 0 aliphatic carbocycles. The largest absolute Gasteiger partial charge is 0.497 e. The number of ether oxygens (including phenoxy) is 1. The van der Waals surface area contributed by atoms with Gasteiger partial charge in [-0.05, 0) is 42.3 Å². The zero-order chi connectivity index (χ0) is 19.2. The maximum atomic E-state index is 12.5. The van der Waals surface area contributed by atoms with Crippen LogP contribution in [0.15, 0.2) is 54.9 Å². The number of nitrogens with one attached hydrogen (secondary N) is 2. The van der Waals surface area contributed by atoms with E-state index in [0.717, 1.165) is 16.9 Å². The smallest absolute Gasteiger partial charge is 0.274 e. The Labute approximate surface area is 162 Å². The monoisotopic (exact) mass is 382 g/mol. The van der Waals surface area contributed by atoms with Gasteiger partial charge in [0.1, 0.15) is 23.6 Å². The molecule has 0 aliphatic rings. The number of carbonyl (C=O) groups excluding carboxylic acids is 1. The summed E-state index contributed by atoms with van der Waals surface area (Å²) < 4.78 is 5.14. The molecule has 0 fully saturated rings. The lowest BCUT2D eigenvalue weighted by molar-refractivity contribution is 0.102. The highest BCUT2D eigenvalue weighted by molar-refractivity contribution is 6.31. The van der Waals surface area contributed by atoms with Gasteiger partial charge in [-0.15, -0.1) is 0 Å². The number of benzene rings is 2. The Bertz CT molecular complexity index is 945. The lowest BCUT2D eigenvalue weighted by atomic mass is 10.2. The molecule has 1 amide bonds. The third kappa shape index (κ3) is 4.95. The average Bonchev–Trinajstić information content (AvgIpc) is 2.69. The van der Waals surface area contributed by atoms with Crippen LogP contribution in [-0.4, -0.2) is 23.0 Å². The van der Waals surface area contributed by atoms with E-state index in [9.17, 15) is 4.79 Å². The van der Waals surface area contributed by atoms with Crippen molar-refractivity contribution < 1.29 is 9.53 Å². The van der Waals surface area contributed by atoms with Crippen molar-refractivity contribution in [1.82, 2.24) is 9.97 Å². The molecule has 7 heteroatoms. The maximum Gasteiger partial charge on any atom is 0.274 e. The van der Waals surface area contributed by atoms with Gasteiger partial charge in [0.05, 0.1) is 7.11 Å². The summed E-state index contributed by atoms with van der Waals surface area (Å²) in [6.45, 7) is 2.46. The minimum atomic E-state index is -0.324. The zero-order valence-corrected chi connectivity index (χ0v) is 15.7. The molecule has 2 aromatic carbocycles. The predicted molar refractivity (Wildman–Crippen MR) is 106 cm³/mol. The lowest BCUT2D eigenvalue weighted by Crippen LogP contribution is -2.15. The molecule has 138 valence electrons. The van der Waals surface area contributed by atoms with Gasteiger partial charge in [-0.2, -0.15) is 0 Å². The van der Waals surface area contributed by atoms with Crippen molar-refractivity contribution in [3.63, 3.8) is 0 Å². The van der Waals surface area contributed by atoms with Gasteiger partial charge in [-0.3, -0.25) is 4.79 Å². The van der Waals surface area contributed by atoms with Crippen molar-refractivity contribution in [3.8, 4) is 5.75 Å². The van der Waals surface area contributed by atoms with E-state index in [-0.39, 0.29) is 11.6 Å². The van der Waals surface area contributed by atoms with Crippen LogP contribution in [0, 0.1) is 6.92 Å². The quantitative estimate of drug-likeness (QED) is 0.664. The van der Waals surface area contributed by atoms with Gasteiger partial charge in [-0.1, -0.05) is 29.8 Å². The fourth-order valence-electron chi connectivity index (χ4n) is 2.43. The van der Waals surface area contributed by atoms with Gasteiger partial charge in [0.2, 0.25) is 0 Å². The van der Waals surface area contributed by atoms with Gasteiger partial charge < -0.3 is 15.4 Å². The Morgan fingerprint density at radius 2 is 1.89 bits per heavy atom. The first-order chi connectivity index (χ1) is 13.0. The molecule has 1 heterocycles. The Morgan fingerprint density at radius 1 is 1.11 bits per heavy atom. The molecule has 27 heavy (non-hydrogen) atoms. The first kappa shape index (κ1) is 18.7. The highest BCUT2D eigenvalue weighted by Crippen LogP contribution is 2.21. The van der Waals surface area contributed by atoms with Crippen molar-refractivity contribution in [1.29, 1.82) is 0 Å². The molecular weight excluding hydrogens is 364 g/mol. The molecule has 0 bridgehead atoms. The van der Waals surface area contributed by atoms with Crippen LogP contribution in [0.4, 0.5) is 11.5 Å². The standard InChI is InChI=1S/C20H19ClN4O2/c1-13-3-6-15(21)9-17(13)25-20(26)18-10-19(24-12-23-18)22-11-14-4-7-16(27-2)8-5-14/h3-10,12H,11H2,1-2H3,(H,25,26)(H,22,23,24). The zero-order valence-electron chi connectivity index (χ0n) is 15.0. The summed E-state index contributed by atoms with van der Waals surface area (Å²) in [6.07, 6.45) is 1.36. The van der Waals surface area contributed by atoms with E-state index in [2.05, 4.69) is 20.6 Å². The number of halogens is 1. The number of nitrogens with zero attached hydrogens (tertiary/aromatic N) is 2. The van der Waals surface area contributed by atoms with Crippen molar-refractivity contribution in [2.24, 2.45) is 0 Å². The van der Waals surface area contributed by atoms with E-state index in [1.807, 2.05) is 37.3 Å². The van der Waals surface area contributed by atoms with Crippen LogP contribution in [0.5, 0.6) is 5.75 Å². The van der Waals surface area contributed by atoms with Crippen molar-refractivity contribution in [3.05, 3.63) is 76.7 Å². The molecule has 0 spiro atoms. The van der Waals surface area contributed by atoms with Crippen LogP contribution in [0.1, 0.15) is 21.6 Å². The van der Waals surface area contributed by atoms with Crippen molar-refractivity contribution in [2.75, 3.05) is 17.7 Å². The molecule has 0 aliphatic heterocycles. The molecule has 0 atom stereocenters. The van der Waals surface area contributed by atoms with Crippen LogP contribution in [-0.2, 0) is 6.54 Å². The molecule has 2 N–H and O–H groups in total. The Balaban J connectivity index is 1.67. The summed E-state index contributed by atoms with van der Waals surface area (Å²) in [5, 5.41) is 6.57. The Kier molecular flexibility index (Phi) is 5.88. The number of amides is 1. The minimum absolute atomic E-state index is 0.265. The number of carbonyl (C=O) groups is 1. The number of hydrogen-bond donors (Lipinski definition) is 2. The molecule has 1 aromatic heterocycles. The Hall–Kier alpha value is -3.12. The normalized spacial score (nSPS) is 10.3. The average molecular weight is 383 g/mol. The number of aromatic nitrogens is 2. The first-order valence-electron chi connectivity index (χ1n) is 8.31. The first-order valence-corrected chi connectivity index (χ1v) is 8.69. The third-order valence-corrected chi connectivity index (χ3v) is 4.22. The van der Waals surface area contributed by atoms with E-state index < -0.39 is 0 Å². The number of anilines is 2. The molecule has 6 nitrogen and oxygen atoms in total. The van der Waals surface area contributed by atoms with Crippen molar-refractivity contribution in [2.45, 2.75) is 13.5 Å². The molecular formula is C20H19ClN4O2. The van der Waals surface area contributed by atoms with Gasteiger partial charge in [0, 0.05) is 23.3 Å². The molecule has 3 rings (SSSR count). The second kappa shape index (κ2) is 8.51. The van der Waals surface area contributed by atoms with E-state index in [1.165, 1.54) is 6.33 Å². The van der Waals surface area contributed by atoms with E-state index >= 15 is 0 Å². The molecule has 0 radical (unpaired) electrons. The lowest BCUT2D eigenvalue weighted by Gasteiger charge is -2.10. The summed E-state index contributed by atoms with van der Waals surface area (Å²) in [7, 11) is 1.63. The summed E-state index contributed by atoms with van der Waals surface area (Å²) in [5.41, 5.74) is 2.90. The highest BCUT2D eigenvalue weighted by atomic mass is 35.5. The van der Waals surface area contributed by atoms with Gasteiger partial charge >= 0.3 is 0 Å². The van der Waals surface area contributed by atoms with Crippen LogP contribution in [0.3, 0.4) is 0 Å². The molecule has 0 saturated carbocycles. The SMILES string of the molecule is COc1ccc(CNc2cc(C(=O)Nc3cc(Cl)ccc3C)ncn2)cc1. The fourth-order valence-corrected chi connectivity index (χ4v) is 2.60. The van der Waals surface area contributed by atoms with E-state index in [4.69, 9.17) is 16.3 Å². The fraction of sp³-hybridized carbons (Fsp3) is 0.150. The third-order valence-electron chi connectivity index (χ3n) is 3.98. The number of methoxy groups -OCH3 is 1. The molecule has 0 unspecified atom stereocenters. The topological polar surface area (TPSA) is 76.1 Å². The van der Waals surface area contributed by atoms with Gasteiger partial charge in [0.15, 0.2) is 0 Å². The predicted octanol–water partition coefficient (Wildman–Crippen LogP) is 4.31. The summed E-state index contributed by atoms with van der Waals surface area (Å²) in [4.78, 5) is 20.7. The highest BCUT2D eigenvalue weighted by Gasteiger charge is 2.11. The summed E-state index contributed by atoms with van der Waals surface area (Å²) in [5.74, 6) is 1.04. The number of hydrogen-bond acceptors (Lipinski definition) is 5. The van der Waals surface area contributed by atoms with Gasteiger partial charge in [-0.25, -0.2) is 9.97 Å². The number of aryl methyl sites for hydroxylation is 1. The van der Waals surface area contributed by atoms with E-state index in [1.54, 1.807) is 25.3 Å².